The number of nitrogens with one attached hydrogen (secondary N) is 1. The van der Waals surface area contributed by atoms with Gasteiger partial charge < -0.3 is 10.2 Å². The van der Waals surface area contributed by atoms with Crippen LogP contribution in [-0.2, 0) is 11.2 Å². The highest BCUT2D eigenvalue weighted by atomic mass is 16.2. The number of aryl methyl sites for hydroxylation is 1. The zero-order valence-corrected chi connectivity index (χ0v) is 13.2. The molecule has 3 heterocycles. The van der Waals surface area contributed by atoms with Gasteiger partial charge in [-0.05, 0) is 37.6 Å². The zero-order valence-electron chi connectivity index (χ0n) is 13.2. The van der Waals surface area contributed by atoms with E-state index in [1.807, 2.05) is 32.0 Å². The highest BCUT2D eigenvalue weighted by molar-refractivity contribution is 6.01. The second-order valence-electron chi connectivity index (χ2n) is 5.74. The number of nitrogens with zero attached hydrogens (tertiary/aromatic N) is 5. The molecule has 7 heteroatoms. The third-order valence-electron chi connectivity index (χ3n) is 4.33. The lowest BCUT2D eigenvalue weighted by Gasteiger charge is -2.14. The number of hydrogen-bond donors (Lipinski definition) is 1. The summed E-state index contributed by atoms with van der Waals surface area (Å²) in [5, 5.41) is 7.62. The van der Waals surface area contributed by atoms with Crippen molar-refractivity contribution in [1.82, 2.24) is 19.6 Å². The maximum Gasteiger partial charge on any atom is 0.254 e. The third kappa shape index (κ3) is 2.04. The summed E-state index contributed by atoms with van der Waals surface area (Å²) in [5.41, 5.74) is 4.83. The Morgan fingerprint density at radius 1 is 1.26 bits per heavy atom. The summed E-state index contributed by atoms with van der Waals surface area (Å²) in [5.74, 6) is 1.51. The van der Waals surface area contributed by atoms with Crippen LogP contribution in [-0.4, -0.2) is 32.5 Å². The topological polar surface area (TPSA) is 75.4 Å². The molecule has 1 N–H and O–H groups in total. The van der Waals surface area contributed by atoms with E-state index >= 15 is 0 Å². The lowest BCUT2D eigenvalue weighted by atomic mass is 10.1. The Morgan fingerprint density at radius 3 is 2.91 bits per heavy atom. The molecule has 0 spiro atoms. The van der Waals surface area contributed by atoms with Crippen LogP contribution in [0, 0.1) is 13.8 Å². The number of aromatic nitrogens is 4. The maximum absolute atomic E-state index is 11.8. The first-order valence-electron chi connectivity index (χ1n) is 7.38. The summed E-state index contributed by atoms with van der Waals surface area (Å²) in [7, 11) is 1.80. The molecule has 1 aliphatic heterocycles. The van der Waals surface area contributed by atoms with Crippen LogP contribution in [0.4, 0.5) is 17.2 Å². The molecular weight excluding hydrogens is 292 g/mol. The number of fused-ring (bicyclic) bond motifs is 2. The van der Waals surface area contributed by atoms with Crippen LogP contribution in [0.2, 0.25) is 0 Å². The Kier molecular flexibility index (Phi) is 2.84. The summed E-state index contributed by atoms with van der Waals surface area (Å²) in [6, 6.07) is 5.94. The highest BCUT2D eigenvalue weighted by Crippen LogP contribution is 2.31. The molecule has 7 nitrogen and oxygen atoms in total. The first-order chi connectivity index (χ1) is 11.0. The van der Waals surface area contributed by atoms with Crippen LogP contribution in [0.3, 0.4) is 0 Å². The minimum atomic E-state index is 0.117. The van der Waals surface area contributed by atoms with Crippen LogP contribution in [0.5, 0.6) is 0 Å². The normalized spacial score (nSPS) is 13.7. The van der Waals surface area contributed by atoms with Crippen molar-refractivity contribution in [3.63, 3.8) is 0 Å². The zero-order chi connectivity index (χ0) is 16.1. The van der Waals surface area contributed by atoms with E-state index < -0.39 is 0 Å². The molecule has 1 amide bonds. The molecule has 0 saturated carbocycles. The van der Waals surface area contributed by atoms with E-state index in [1.165, 1.54) is 6.33 Å². The average Bonchev–Trinajstić information content (AvgIpc) is 3.09. The molecule has 0 bridgehead atoms. The van der Waals surface area contributed by atoms with Gasteiger partial charge in [-0.2, -0.15) is 14.6 Å². The fourth-order valence-corrected chi connectivity index (χ4v) is 2.86. The van der Waals surface area contributed by atoms with E-state index in [1.54, 1.807) is 16.5 Å². The quantitative estimate of drug-likeness (QED) is 0.783. The molecule has 0 atom stereocenters. The molecule has 0 saturated heterocycles. The molecule has 23 heavy (non-hydrogen) atoms. The fourth-order valence-electron chi connectivity index (χ4n) is 2.86. The van der Waals surface area contributed by atoms with Gasteiger partial charge in [-0.1, -0.05) is 0 Å². The molecule has 0 radical (unpaired) electrons. The number of likely N-dealkylation sites (N-methyl/N-ethyl adjacent to an activating group) is 1. The highest BCUT2D eigenvalue weighted by Gasteiger charge is 2.24. The Bertz CT molecular complexity index is 945. The first kappa shape index (κ1) is 13.7. The predicted molar refractivity (Wildman–Crippen MR) is 87.1 cm³/mol. The van der Waals surface area contributed by atoms with Crippen molar-refractivity contribution >= 4 is 28.9 Å². The summed E-state index contributed by atoms with van der Waals surface area (Å²) in [4.78, 5) is 22.1. The Balaban J connectivity index is 1.78. The molecule has 1 aliphatic rings. The smallest absolute Gasteiger partial charge is 0.254 e. The van der Waals surface area contributed by atoms with E-state index in [9.17, 15) is 4.79 Å². The Hall–Kier alpha value is -2.96. The molecule has 1 aromatic carbocycles. The number of carbonyl (C=O) groups excluding carboxylic acids is 1. The van der Waals surface area contributed by atoms with Gasteiger partial charge in [-0.25, -0.2) is 4.98 Å². The van der Waals surface area contributed by atoms with E-state index in [0.717, 1.165) is 34.0 Å². The van der Waals surface area contributed by atoms with Crippen LogP contribution in [0.1, 0.15) is 16.8 Å². The molecule has 116 valence electrons. The fraction of sp³-hybridized carbons (Fsp3) is 0.250. The third-order valence-corrected chi connectivity index (χ3v) is 4.33. The summed E-state index contributed by atoms with van der Waals surface area (Å²) >= 11 is 0. The molecule has 2 aromatic heterocycles. The van der Waals surface area contributed by atoms with Crippen LogP contribution in [0.15, 0.2) is 24.5 Å². The predicted octanol–water partition coefficient (Wildman–Crippen LogP) is 2.00. The van der Waals surface area contributed by atoms with E-state index in [0.29, 0.717) is 12.2 Å². The van der Waals surface area contributed by atoms with Crippen LogP contribution < -0.4 is 10.2 Å². The molecule has 0 aliphatic carbocycles. The van der Waals surface area contributed by atoms with Crippen LogP contribution >= 0.6 is 0 Å². The first-order valence-corrected chi connectivity index (χ1v) is 7.38. The van der Waals surface area contributed by atoms with Crippen molar-refractivity contribution < 1.29 is 4.79 Å². The molecular formula is C16H16N6O. The largest absolute Gasteiger partial charge is 0.340 e. The monoisotopic (exact) mass is 308 g/mol. The van der Waals surface area contributed by atoms with Crippen molar-refractivity contribution in [2.75, 3.05) is 17.3 Å². The van der Waals surface area contributed by atoms with E-state index in [4.69, 9.17) is 0 Å². The standard InChI is InChI=1S/C16H16N6O/c1-9-10(2)19-16-17-8-18-22(16)15(9)20-12-4-5-13-11(6-12)7-14(23)21(13)3/h4-6,8,20H,7H2,1-3H3. The van der Waals surface area contributed by atoms with Gasteiger partial charge in [0.25, 0.3) is 5.78 Å². The number of hydrogen-bond acceptors (Lipinski definition) is 5. The molecule has 3 aromatic rings. The van der Waals surface area contributed by atoms with Crippen LogP contribution in [0.25, 0.3) is 5.78 Å². The average molecular weight is 308 g/mol. The second-order valence-corrected chi connectivity index (χ2v) is 5.74. The number of carbonyl (C=O) groups is 1. The van der Waals surface area contributed by atoms with Gasteiger partial charge in [-0.3, -0.25) is 4.79 Å². The van der Waals surface area contributed by atoms with E-state index in [2.05, 4.69) is 20.4 Å². The van der Waals surface area contributed by atoms with Gasteiger partial charge in [0.05, 0.1) is 6.42 Å². The van der Waals surface area contributed by atoms with Gasteiger partial charge in [0.1, 0.15) is 12.1 Å². The lowest BCUT2D eigenvalue weighted by Crippen LogP contribution is -2.20. The maximum atomic E-state index is 11.8. The van der Waals surface area contributed by atoms with Gasteiger partial charge in [-0.15, -0.1) is 0 Å². The minimum Gasteiger partial charge on any atom is -0.340 e. The Labute approximate surface area is 133 Å². The van der Waals surface area contributed by atoms with Gasteiger partial charge >= 0.3 is 0 Å². The number of anilines is 3. The molecule has 4 rings (SSSR count). The number of amides is 1. The summed E-state index contributed by atoms with van der Waals surface area (Å²) in [6.07, 6.45) is 1.93. The Morgan fingerprint density at radius 2 is 2.09 bits per heavy atom. The lowest BCUT2D eigenvalue weighted by molar-refractivity contribution is -0.117. The van der Waals surface area contributed by atoms with Crippen molar-refractivity contribution in [3.05, 3.63) is 41.3 Å². The minimum absolute atomic E-state index is 0.117. The summed E-state index contributed by atoms with van der Waals surface area (Å²) in [6.45, 7) is 3.95. The summed E-state index contributed by atoms with van der Waals surface area (Å²) < 4.78 is 1.69. The number of benzene rings is 1. The van der Waals surface area contributed by atoms with Gasteiger partial charge in [0, 0.05) is 29.7 Å². The second kappa shape index (κ2) is 4.77. The van der Waals surface area contributed by atoms with Crippen molar-refractivity contribution in [3.8, 4) is 0 Å². The van der Waals surface area contributed by atoms with Crippen molar-refractivity contribution in [1.29, 1.82) is 0 Å². The SMILES string of the molecule is Cc1nc2ncnn2c(Nc2ccc3c(c2)CC(=O)N3C)c1C. The van der Waals surface area contributed by atoms with Crippen molar-refractivity contribution in [2.45, 2.75) is 20.3 Å². The number of rotatable bonds is 2. The van der Waals surface area contributed by atoms with Gasteiger partial charge in [0.15, 0.2) is 0 Å². The van der Waals surface area contributed by atoms with E-state index in [-0.39, 0.29) is 5.91 Å². The van der Waals surface area contributed by atoms with Gasteiger partial charge in [0.2, 0.25) is 5.91 Å². The molecule has 0 unspecified atom stereocenters. The molecule has 0 fully saturated rings. The van der Waals surface area contributed by atoms with Crippen molar-refractivity contribution in [2.24, 2.45) is 0 Å².